The Bertz CT molecular complexity index is 359. The van der Waals surface area contributed by atoms with Gasteiger partial charge in [0.25, 0.3) is 0 Å². The zero-order chi connectivity index (χ0) is 11.6. The van der Waals surface area contributed by atoms with E-state index in [1.54, 1.807) is 6.08 Å². The molecule has 0 radical (unpaired) electrons. The van der Waals surface area contributed by atoms with Crippen molar-refractivity contribution < 1.29 is 14.3 Å². The Labute approximate surface area is 89.8 Å². The summed E-state index contributed by atoms with van der Waals surface area (Å²) in [6.07, 6.45) is 4.23. The van der Waals surface area contributed by atoms with Crippen molar-refractivity contribution in [2.24, 2.45) is 5.41 Å². The third kappa shape index (κ3) is 2.01. The molecule has 0 saturated carbocycles. The first kappa shape index (κ1) is 11.7. The van der Waals surface area contributed by atoms with E-state index in [0.717, 1.165) is 5.57 Å². The first-order valence-corrected chi connectivity index (χ1v) is 4.93. The van der Waals surface area contributed by atoms with Crippen LogP contribution in [0.2, 0.25) is 0 Å². The SMILES string of the molecule is CC=CC1=C(C(=O)OC)C(=O)C(C)(C)C1. The second kappa shape index (κ2) is 4.01. The van der Waals surface area contributed by atoms with E-state index < -0.39 is 11.4 Å². The number of Topliss-reactive ketones (excluding diaryl/α,β-unsaturated/α-hetero) is 1. The van der Waals surface area contributed by atoms with E-state index in [1.165, 1.54) is 7.11 Å². The summed E-state index contributed by atoms with van der Waals surface area (Å²) < 4.78 is 4.62. The number of methoxy groups -OCH3 is 1. The van der Waals surface area contributed by atoms with Crippen LogP contribution in [0.3, 0.4) is 0 Å². The molecule has 0 aromatic heterocycles. The molecule has 82 valence electrons. The number of esters is 1. The maximum atomic E-state index is 11.9. The molecule has 0 saturated heterocycles. The molecular formula is C12H16O3. The molecule has 0 spiro atoms. The normalized spacial score (nSPS) is 20.1. The number of ether oxygens (including phenoxy) is 1. The molecule has 0 amide bonds. The van der Waals surface area contributed by atoms with E-state index in [-0.39, 0.29) is 11.4 Å². The summed E-state index contributed by atoms with van der Waals surface area (Å²) in [5.74, 6) is -0.652. The molecule has 3 heteroatoms. The fraction of sp³-hybridized carbons (Fsp3) is 0.500. The maximum Gasteiger partial charge on any atom is 0.341 e. The van der Waals surface area contributed by atoms with Crippen LogP contribution < -0.4 is 0 Å². The molecular weight excluding hydrogens is 192 g/mol. The van der Waals surface area contributed by atoms with E-state index in [2.05, 4.69) is 4.74 Å². The minimum atomic E-state index is -0.529. The number of rotatable bonds is 2. The minimum Gasteiger partial charge on any atom is -0.465 e. The van der Waals surface area contributed by atoms with Gasteiger partial charge in [-0.15, -0.1) is 0 Å². The molecule has 1 aliphatic rings. The van der Waals surface area contributed by atoms with Crippen LogP contribution in [0.5, 0.6) is 0 Å². The average Bonchev–Trinajstić information content (AvgIpc) is 2.38. The van der Waals surface area contributed by atoms with Gasteiger partial charge in [0, 0.05) is 5.41 Å². The Balaban J connectivity index is 3.19. The van der Waals surface area contributed by atoms with Crippen LogP contribution in [-0.4, -0.2) is 18.9 Å². The third-order valence-corrected chi connectivity index (χ3v) is 2.55. The Hall–Kier alpha value is -1.38. The topological polar surface area (TPSA) is 43.4 Å². The van der Waals surface area contributed by atoms with E-state index >= 15 is 0 Å². The molecule has 1 aliphatic carbocycles. The molecule has 0 heterocycles. The first-order valence-electron chi connectivity index (χ1n) is 4.93. The van der Waals surface area contributed by atoms with Gasteiger partial charge >= 0.3 is 5.97 Å². The van der Waals surface area contributed by atoms with Crippen LogP contribution in [0.4, 0.5) is 0 Å². The number of ketones is 1. The van der Waals surface area contributed by atoms with Gasteiger partial charge in [-0.3, -0.25) is 4.79 Å². The van der Waals surface area contributed by atoms with Gasteiger partial charge in [-0.1, -0.05) is 26.0 Å². The average molecular weight is 208 g/mol. The lowest BCUT2D eigenvalue weighted by atomic mass is 9.87. The van der Waals surface area contributed by atoms with Gasteiger partial charge in [-0.2, -0.15) is 0 Å². The van der Waals surface area contributed by atoms with E-state index in [0.29, 0.717) is 6.42 Å². The lowest BCUT2D eigenvalue weighted by Gasteiger charge is -2.14. The van der Waals surface area contributed by atoms with E-state index in [4.69, 9.17) is 0 Å². The molecule has 0 aliphatic heterocycles. The fourth-order valence-corrected chi connectivity index (χ4v) is 1.80. The molecule has 0 atom stereocenters. The molecule has 0 unspecified atom stereocenters. The molecule has 0 fully saturated rings. The zero-order valence-corrected chi connectivity index (χ0v) is 9.59. The van der Waals surface area contributed by atoms with Crippen molar-refractivity contribution in [1.82, 2.24) is 0 Å². The molecule has 0 bridgehead atoms. The van der Waals surface area contributed by atoms with Crippen molar-refractivity contribution in [2.45, 2.75) is 27.2 Å². The van der Waals surface area contributed by atoms with Crippen LogP contribution in [0.1, 0.15) is 27.2 Å². The molecule has 0 aromatic carbocycles. The number of hydrogen-bond donors (Lipinski definition) is 0. The Morgan fingerprint density at radius 2 is 2.07 bits per heavy atom. The number of allylic oxidation sites excluding steroid dienone is 3. The summed E-state index contributed by atoms with van der Waals surface area (Å²) in [6, 6.07) is 0. The summed E-state index contributed by atoms with van der Waals surface area (Å²) in [4.78, 5) is 23.4. The standard InChI is InChI=1S/C12H16O3/c1-5-6-8-7-12(2,3)10(13)9(8)11(14)15-4/h5-6H,7H2,1-4H3. The van der Waals surface area contributed by atoms with Crippen LogP contribution in [0.15, 0.2) is 23.3 Å². The van der Waals surface area contributed by atoms with Crippen molar-refractivity contribution in [1.29, 1.82) is 0 Å². The van der Waals surface area contributed by atoms with Crippen molar-refractivity contribution in [3.63, 3.8) is 0 Å². The van der Waals surface area contributed by atoms with Gasteiger partial charge in [0.1, 0.15) is 5.57 Å². The molecule has 3 nitrogen and oxygen atoms in total. The second-order valence-electron chi connectivity index (χ2n) is 4.28. The highest BCUT2D eigenvalue weighted by Crippen LogP contribution is 2.39. The molecule has 1 rings (SSSR count). The predicted octanol–water partition coefficient (Wildman–Crippen LogP) is 2.03. The predicted molar refractivity (Wildman–Crippen MR) is 57.3 cm³/mol. The van der Waals surface area contributed by atoms with Gasteiger partial charge in [0.15, 0.2) is 5.78 Å². The highest BCUT2D eigenvalue weighted by atomic mass is 16.5. The van der Waals surface area contributed by atoms with Crippen molar-refractivity contribution in [3.8, 4) is 0 Å². The van der Waals surface area contributed by atoms with Crippen molar-refractivity contribution >= 4 is 11.8 Å². The lowest BCUT2D eigenvalue weighted by molar-refractivity contribution is -0.138. The molecule has 0 N–H and O–H groups in total. The third-order valence-electron chi connectivity index (χ3n) is 2.55. The number of carbonyl (C=O) groups is 2. The quantitative estimate of drug-likeness (QED) is 0.515. The summed E-state index contributed by atoms with van der Waals surface area (Å²) in [6.45, 7) is 5.54. The van der Waals surface area contributed by atoms with Crippen LogP contribution in [-0.2, 0) is 14.3 Å². The highest BCUT2D eigenvalue weighted by Gasteiger charge is 2.42. The van der Waals surface area contributed by atoms with E-state index in [1.807, 2.05) is 26.8 Å². The summed E-state index contributed by atoms with van der Waals surface area (Å²) in [5, 5.41) is 0. The van der Waals surface area contributed by atoms with Gasteiger partial charge in [0.05, 0.1) is 7.11 Å². The molecule has 15 heavy (non-hydrogen) atoms. The van der Waals surface area contributed by atoms with Gasteiger partial charge in [-0.05, 0) is 18.9 Å². The largest absolute Gasteiger partial charge is 0.465 e. The molecule has 0 aromatic rings. The van der Waals surface area contributed by atoms with Gasteiger partial charge in [0.2, 0.25) is 0 Å². The van der Waals surface area contributed by atoms with Gasteiger partial charge < -0.3 is 4.74 Å². The second-order valence-corrected chi connectivity index (χ2v) is 4.28. The summed E-state index contributed by atoms with van der Waals surface area (Å²) in [5.41, 5.74) is 0.498. The van der Waals surface area contributed by atoms with E-state index in [9.17, 15) is 9.59 Å². The fourth-order valence-electron chi connectivity index (χ4n) is 1.80. The van der Waals surface area contributed by atoms with Crippen molar-refractivity contribution in [3.05, 3.63) is 23.3 Å². The summed E-state index contributed by atoms with van der Waals surface area (Å²) >= 11 is 0. The van der Waals surface area contributed by atoms with Crippen LogP contribution in [0, 0.1) is 5.41 Å². The maximum absolute atomic E-state index is 11.9. The Morgan fingerprint density at radius 3 is 2.53 bits per heavy atom. The smallest absolute Gasteiger partial charge is 0.341 e. The Morgan fingerprint density at radius 1 is 1.47 bits per heavy atom. The van der Waals surface area contributed by atoms with Crippen molar-refractivity contribution in [2.75, 3.05) is 7.11 Å². The first-order chi connectivity index (χ1) is 6.94. The highest BCUT2D eigenvalue weighted by molar-refractivity contribution is 6.22. The monoisotopic (exact) mass is 208 g/mol. The minimum absolute atomic E-state index is 0.123. The Kier molecular flexibility index (Phi) is 3.12. The van der Waals surface area contributed by atoms with Gasteiger partial charge in [-0.25, -0.2) is 4.79 Å². The van der Waals surface area contributed by atoms with Crippen LogP contribution in [0.25, 0.3) is 0 Å². The number of hydrogen-bond acceptors (Lipinski definition) is 3. The lowest BCUT2D eigenvalue weighted by Crippen LogP contribution is -2.23. The zero-order valence-electron chi connectivity index (χ0n) is 9.59. The van der Waals surface area contributed by atoms with Crippen LogP contribution >= 0.6 is 0 Å². The number of carbonyl (C=O) groups excluding carboxylic acids is 2. The summed E-state index contributed by atoms with van der Waals surface area (Å²) in [7, 11) is 1.29.